The first-order valence-electron chi connectivity index (χ1n) is 5.86. The maximum absolute atomic E-state index is 11.2. The molecule has 0 N–H and O–H groups in total. The molecule has 2 rings (SSSR count). The molecule has 0 saturated heterocycles. The zero-order chi connectivity index (χ0) is 13.7. The molecule has 0 radical (unpaired) electrons. The summed E-state index contributed by atoms with van der Waals surface area (Å²) in [4.78, 5) is 12.3. The van der Waals surface area contributed by atoms with E-state index in [1.807, 2.05) is 30.3 Å². The van der Waals surface area contributed by atoms with Crippen LogP contribution in [0, 0.1) is 0 Å². The van der Waals surface area contributed by atoms with Gasteiger partial charge in [-0.25, -0.2) is 0 Å². The van der Waals surface area contributed by atoms with Gasteiger partial charge < -0.3 is 9.26 Å². The third-order valence-electron chi connectivity index (χ3n) is 2.54. The fourth-order valence-corrected chi connectivity index (χ4v) is 2.36. The summed E-state index contributed by atoms with van der Waals surface area (Å²) in [5.41, 5.74) is 1.61. The highest BCUT2D eigenvalue weighted by Gasteiger charge is 2.05. The summed E-state index contributed by atoms with van der Waals surface area (Å²) in [6.45, 7) is 2.00. The maximum atomic E-state index is 11.2. The molecule has 0 amide bonds. The largest absolute Gasteiger partial charge is 0.377 e. The SMILES string of the molecule is COCc1cc(CSc2ccc(C(C)=O)cc2)no1. The Morgan fingerprint density at radius 3 is 2.74 bits per heavy atom. The Morgan fingerprint density at radius 2 is 2.11 bits per heavy atom. The van der Waals surface area contributed by atoms with Gasteiger partial charge in [0.15, 0.2) is 11.5 Å². The molecule has 0 unspecified atom stereocenters. The van der Waals surface area contributed by atoms with Crippen LogP contribution in [0.15, 0.2) is 39.8 Å². The van der Waals surface area contributed by atoms with Crippen LogP contribution in [0.4, 0.5) is 0 Å². The Kier molecular flexibility index (Phi) is 4.76. The van der Waals surface area contributed by atoms with E-state index in [0.717, 1.165) is 27.7 Å². The second-order valence-electron chi connectivity index (χ2n) is 4.09. The van der Waals surface area contributed by atoms with E-state index in [2.05, 4.69) is 5.16 Å². The van der Waals surface area contributed by atoms with Crippen LogP contribution in [0.5, 0.6) is 0 Å². The van der Waals surface area contributed by atoms with Gasteiger partial charge in [-0.05, 0) is 19.1 Å². The average Bonchev–Trinajstić information content (AvgIpc) is 2.85. The number of rotatable bonds is 6. The second kappa shape index (κ2) is 6.54. The number of ether oxygens (including phenoxy) is 1. The number of hydrogen-bond donors (Lipinski definition) is 0. The minimum Gasteiger partial charge on any atom is -0.377 e. The van der Waals surface area contributed by atoms with Crippen molar-refractivity contribution in [2.75, 3.05) is 7.11 Å². The fraction of sp³-hybridized carbons (Fsp3) is 0.286. The molecule has 0 saturated carbocycles. The predicted octanol–water partition coefficient (Wildman–Crippen LogP) is 3.32. The van der Waals surface area contributed by atoms with E-state index in [-0.39, 0.29) is 5.78 Å². The van der Waals surface area contributed by atoms with Crippen LogP contribution in [0.1, 0.15) is 28.7 Å². The number of carbonyl (C=O) groups is 1. The number of benzene rings is 1. The standard InChI is InChI=1S/C14H15NO3S/c1-10(16)11-3-5-14(6-4-11)19-9-12-7-13(8-17-2)18-15-12/h3-7H,8-9H2,1-2H3. The van der Waals surface area contributed by atoms with E-state index < -0.39 is 0 Å². The lowest BCUT2D eigenvalue weighted by molar-refractivity contribution is 0.101. The van der Waals surface area contributed by atoms with Crippen LogP contribution in [0.3, 0.4) is 0 Å². The van der Waals surface area contributed by atoms with Gasteiger partial charge in [0.1, 0.15) is 6.61 Å². The number of carbonyl (C=O) groups excluding carboxylic acids is 1. The summed E-state index contributed by atoms with van der Waals surface area (Å²) in [5.74, 6) is 1.54. The van der Waals surface area contributed by atoms with Crippen LogP contribution in [-0.4, -0.2) is 18.0 Å². The van der Waals surface area contributed by atoms with Crippen molar-refractivity contribution >= 4 is 17.5 Å². The first-order chi connectivity index (χ1) is 9.19. The molecule has 0 spiro atoms. The number of methoxy groups -OCH3 is 1. The Balaban J connectivity index is 1.92. The highest BCUT2D eigenvalue weighted by Crippen LogP contribution is 2.23. The Bertz CT molecular complexity index is 548. The highest BCUT2D eigenvalue weighted by molar-refractivity contribution is 7.98. The molecule has 1 aromatic heterocycles. The van der Waals surface area contributed by atoms with Gasteiger partial charge in [-0.15, -0.1) is 11.8 Å². The van der Waals surface area contributed by atoms with E-state index in [1.165, 1.54) is 0 Å². The van der Waals surface area contributed by atoms with Crippen molar-refractivity contribution in [1.29, 1.82) is 0 Å². The minimum atomic E-state index is 0.0808. The zero-order valence-electron chi connectivity index (χ0n) is 10.9. The molecule has 0 bridgehead atoms. The lowest BCUT2D eigenvalue weighted by Gasteiger charge is -2.00. The lowest BCUT2D eigenvalue weighted by Crippen LogP contribution is -1.90. The normalized spacial score (nSPS) is 10.6. The third-order valence-corrected chi connectivity index (χ3v) is 3.59. The van der Waals surface area contributed by atoms with E-state index >= 15 is 0 Å². The van der Waals surface area contributed by atoms with Crippen molar-refractivity contribution in [2.24, 2.45) is 0 Å². The van der Waals surface area contributed by atoms with Gasteiger partial charge in [0, 0.05) is 29.4 Å². The van der Waals surface area contributed by atoms with E-state index in [0.29, 0.717) is 6.61 Å². The summed E-state index contributed by atoms with van der Waals surface area (Å²) >= 11 is 1.65. The molecule has 100 valence electrons. The topological polar surface area (TPSA) is 52.3 Å². The van der Waals surface area contributed by atoms with Gasteiger partial charge in [0.25, 0.3) is 0 Å². The Morgan fingerprint density at radius 1 is 1.37 bits per heavy atom. The monoisotopic (exact) mass is 277 g/mol. The van der Waals surface area contributed by atoms with Crippen molar-refractivity contribution in [3.8, 4) is 0 Å². The van der Waals surface area contributed by atoms with E-state index in [9.17, 15) is 4.79 Å². The van der Waals surface area contributed by atoms with E-state index in [1.54, 1.807) is 25.8 Å². The molecule has 1 heterocycles. The van der Waals surface area contributed by atoms with Crippen molar-refractivity contribution in [3.05, 3.63) is 47.3 Å². The molecule has 1 aromatic carbocycles. The minimum absolute atomic E-state index is 0.0808. The van der Waals surface area contributed by atoms with Crippen molar-refractivity contribution in [3.63, 3.8) is 0 Å². The van der Waals surface area contributed by atoms with Crippen LogP contribution in [0.2, 0.25) is 0 Å². The number of hydrogen-bond acceptors (Lipinski definition) is 5. The number of aromatic nitrogens is 1. The third kappa shape index (κ3) is 3.94. The van der Waals surface area contributed by atoms with Crippen LogP contribution < -0.4 is 0 Å². The van der Waals surface area contributed by atoms with Crippen LogP contribution in [0.25, 0.3) is 0 Å². The summed E-state index contributed by atoms with van der Waals surface area (Å²) in [6.07, 6.45) is 0. The molecule has 0 aliphatic rings. The van der Waals surface area contributed by atoms with Crippen LogP contribution >= 0.6 is 11.8 Å². The van der Waals surface area contributed by atoms with Gasteiger partial charge in [0.2, 0.25) is 0 Å². The number of thioether (sulfide) groups is 1. The lowest BCUT2D eigenvalue weighted by atomic mass is 10.2. The molecule has 0 fully saturated rings. The molecule has 4 nitrogen and oxygen atoms in total. The van der Waals surface area contributed by atoms with Gasteiger partial charge in [-0.1, -0.05) is 17.3 Å². The van der Waals surface area contributed by atoms with E-state index in [4.69, 9.17) is 9.26 Å². The Hall–Kier alpha value is -1.59. The molecule has 5 heteroatoms. The summed E-state index contributed by atoms with van der Waals surface area (Å²) in [7, 11) is 1.62. The van der Waals surface area contributed by atoms with Gasteiger partial charge in [-0.2, -0.15) is 0 Å². The molecule has 0 aliphatic heterocycles. The maximum Gasteiger partial charge on any atom is 0.162 e. The number of Topliss-reactive ketones (excluding diaryl/α,β-unsaturated/α-hetero) is 1. The number of ketones is 1. The molecule has 0 aliphatic carbocycles. The predicted molar refractivity (Wildman–Crippen MR) is 73.2 cm³/mol. The molecule has 0 atom stereocenters. The summed E-state index contributed by atoms with van der Waals surface area (Å²) in [6, 6.07) is 9.45. The second-order valence-corrected chi connectivity index (χ2v) is 5.14. The molecule has 2 aromatic rings. The fourth-order valence-electron chi connectivity index (χ4n) is 1.58. The van der Waals surface area contributed by atoms with Crippen molar-refractivity contribution in [2.45, 2.75) is 24.2 Å². The summed E-state index contributed by atoms with van der Waals surface area (Å²) in [5, 5.41) is 3.97. The quantitative estimate of drug-likeness (QED) is 0.599. The summed E-state index contributed by atoms with van der Waals surface area (Å²) < 4.78 is 10.1. The van der Waals surface area contributed by atoms with Gasteiger partial charge in [-0.3, -0.25) is 4.79 Å². The van der Waals surface area contributed by atoms with Gasteiger partial charge >= 0.3 is 0 Å². The first-order valence-corrected chi connectivity index (χ1v) is 6.85. The Labute approximate surface area is 116 Å². The average molecular weight is 277 g/mol. The number of nitrogens with zero attached hydrogens (tertiary/aromatic N) is 1. The smallest absolute Gasteiger partial charge is 0.162 e. The molecular formula is C14H15NO3S. The van der Waals surface area contributed by atoms with Crippen molar-refractivity contribution < 1.29 is 14.1 Å². The molecular weight excluding hydrogens is 262 g/mol. The van der Waals surface area contributed by atoms with Gasteiger partial charge in [0.05, 0.1) is 5.69 Å². The zero-order valence-corrected chi connectivity index (χ0v) is 11.7. The first kappa shape index (κ1) is 13.8. The highest BCUT2D eigenvalue weighted by atomic mass is 32.2. The van der Waals surface area contributed by atoms with Crippen molar-refractivity contribution in [1.82, 2.24) is 5.16 Å². The van der Waals surface area contributed by atoms with Crippen LogP contribution in [-0.2, 0) is 17.1 Å². The molecule has 19 heavy (non-hydrogen) atoms.